The molecule has 1 N–H and O–H groups in total. The second-order valence-electron chi connectivity index (χ2n) is 3.25. The van der Waals surface area contributed by atoms with Gasteiger partial charge < -0.3 is 9.67 Å². The third-order valence-electron chi connectivity index (χ3n) is 2.23. The standard InChI is InChI=1S/C10H13N3OS/c1-2-8-3-4-9(15-8)5-13-7-11-12-10(13)6-14/h3-4,7,14H,2,5-6H2,1H3. The maximum Gasteiger partial charge on any atom is 0.158 e. The maximum atomic E-state index is 9.02. The number of hydrogen-bond acceptors (Lipinski definition) is 4. The van der Waals surface area contributed by atoms with Crippen LogP contribution in [-0.2, 0) is 19.6 Å². The smallest absolute Gasteiger partial charge is 0.158 e. The fourth-order valence-corrected chi connectivity index (χ4v) is 2.36. The highest BCUT2D eigenvalue weighted by atomic mass is 32.1. The number of thiophene rings is 1. The van der Waals surface area contributed by atoms with Crippen molar-refractivity contribution in [1.82, 2.24) is 14.8 Å². The van der Waals surface area contributed by atoms with Crippen molar-refractivity contribution >= 4 is 11.3 Å². The number of aliphatic hydroxyl groups is 1. The molecule has 2 aromatic rings. The zero-order valence-corrected chi connectivity index (χ0v) is 9.37. The van der Waals surface area contributed by atoms with Gasteiger partial charge >= 0.3 is 0 Å². The van der Waals surface area contributed by atoms with E-state index >= 15 is 0 Å². The highest BCUT2D eigenvalue weighted by molar-refractivity contribution is 7.11. The summed E-state index contributed by atoms with van der Waals surface area (Å²) in [6, 6.07) is 4.26. The number of aromatic nitrogens is 3. The van der Waals surface area contributed by atoms with Gasteiger partial charge in [-0.3, -0.25) is 0 Å². The molecule has 0 atom stereocenters. The molecule has 0 spiro atoms. The van der Waals surface area contributed by atoms with Crippen LogP contribution in [0.4, 0.5) is 0 Å². The minimum Gasteiger partial charge on any atom is -0.388 e. The van der Waals surface area contributed by atoms with Gasteiger partial charge in [0, 0.05) is 9.75 Å². The summed E-state index contributed by atoms with van der Waals surface area (Å²) >= 11 is 1.79. The summed E-state index contributed by atoms with van der Waals surface area (Å²) in [5, 5.41) is 16.6. The molecule has 0 bridgehead atoms. The van der Waals surface area contributed by atoms with Crippen LogP contribution in [0, 0.1) is 0 Å². The van der Waals surface area contributed by atoms with Crippen LogP contribution in [0.15, 0.2) is 18.5 Å². The minimum absolute atomic E-state index is 0.0635. The summed E-state index contributed by atoms with van der Waals surface area (Å²) in [5.74, 6) is 0.612. The molecule has 80 valence electrons. The SMILES string of the molecule is CCc1ccc(Cn2cnnc2CO)s1. The van der Waals surface area contributed by atoms with E-state index in [-0.39, 0.29) is 6.61 Å². The number of aliphatic hydroxyl groups excluding tert-OH is 1. The molecule has 0 aliphatic heterocycles. The summed E-state index contributed by atoms with van der Waals surface area (Å²) in [7, 11) is 0. The Bertz CT molecular complexity index is 435. The van der Waals surface area contributed by atoms with E-state index in [2.05, 4.69) is 29.3 Å². The second-order valence-corrected chi connectivity index (χ2v) is 4.51. The lowest BCUT2D eigenvalue weighted by atomic mass is 10.3. The van der Waals surface area contributed by atoms with Gasteiger partial charge in [0.05, 0.1) is 6.54 Å². The van der Waals surface area contributed by atoms with E-state index in [4.69, 9.17) is 5.11 Å². The molecular weight excluding hydrogens is 210 g/mol. The molecule has 0 saturated carbocycles. The Hall–Kier alpha value is -1.20. The van der Waals surface area contributed by atoms with Crippen LogP contribution in [0.3, 0.4) is 0 Å². The van der Waals surface area contributed by atoms with Crippen LogP contribution in [0.5, 0.6) is 0 Å². The van der Waals surface area contributed by atoms with Crippen LogP contribution in [-0.4, -0.2) is 19.9 Å². The van der Waals surface area contributed by atoms with Gasteiger partial charge in [0.25, 0.3) is 0 Å². The first-order valence-electron chi connectivity index (χ1n) is 4.88. The van der Waals surface area contributed by atoms with Gasteiger partial charge in [0.15, 0.2) is 5.82 Å². The molecule has 0 fully saturated rings. The first kappa shape index (κ1) is 10.3. The highest BCUT2D eigenvalue weighted by Gasteiger charge is 2.04. The predicted molar refractivity (Wildman–Crippen MR) is 58.7 cm³/mol. The fourth-order valence-electron chi connectivity index (χ4n) is 1.40. The van der Waals surface area contributed by atoms with Crippen LogP contribution in [0.25, 0.3) is 0 Å². The molecule has 2 rings (SSSR count). The van der Waals surface area contributed by atoms with Crippen molar-refractivity contribution in [3.63, 3.8) is 0 Å². The summed E-state index contributed by atoms with van der Waals surface area (Å²) in [5.41, 5.74) is 0. The number of hydrogen-bond donors (Lipinski definition) is 1. The molecule has 2 heterocycles. The molecule has 0 aromatic carbocycles. The summed E-state index contributed by atoms with van der Waals surface area (Å²) in [6.07, 6.45) is 2.72. The van der Waals surface area contributed by atoms with Crippen molar-refractivity contribution in [2.45, 2.75) is 26.5 Å². The average Bonchev–Trinajstić information content (AvgIpc) is 2.87. The maximum absolute atomic E-state index is 9.02. The second kappa shape index (κ2) is 4.55. The molecule has 0 amide bonds. The zero-order valence-electron chi connectivity index (χ0n) is 8.55. The molecule has 0 aliphatic rings. The van der Waals surface area contributed by atoms with Crippen molar-refractivity contribution in [3.8, 4) is 0 Å². The summed E-state index contributed by atoms with van der Waals surface area (Å²) in [6.45, 7) is 2.83. The first-order chi connectivity index (χ1) is 7.33. The van der Waals surface area contributed by atoms with E-state index in [1.165, 1.54) is 9.75 Å². The number of rotatable bonds is 4. The van der Waals surface area contributed by atoms with Crippen molar-refractivity contribution < 1.29 is 5.11 Å². The van der Waals surface area contributed by atoms with Gasteiger partial charge in [-0.25, -0.2) is 0 Å². The lowest BCUT2D eigenvalue weighted by molar-refractivity contribution is 0.265. The van der Waals surface area contributed by atoms with Gasteiger partial charge in [-0.2, -0.15) is 0 Å². The normalized spacial score (nSPS) is 10.8. The van der Waals surface area contributed by atoms with Gasteiger partial charge in [-0.05, 0) is 18.6 Å². The number of aryl methyl sites for hydroxylation is 1. The Balaban J connectivity index is 2.14. The van der Waals surface area contributed by atoms with Crippen LogP contribution in [0.2, 0.25) is 0 Å². The molecule has 15 heavy (non-hydrogen) atoms. The summed E-state index contributed by atoms with van der Waals surface area (Å²) in [4.78, 5) is 2.64. The Morgan fingerprint density at radius 2 is 2.20 bits per heavy atom. The molecule has 0 unspecified atom stereocenters. The largest absolute Gasteiger partial charge is 0.388 e. The third kappa shape index (κ3) is 2.24. The molecule has 0 radical (unpaired) electrons. The fraction of sp³-hybridized carbons (Fsp3) is 0.400. The molecule has 0 saturated heterocycles. The van der Waals surface area contributed by atoms with Crippen LogP contribution in [0.1, 0.15) is 22.5 Å². The van der Waals surface area contributed by atoms with Crippen LogP contribution < -0.4 is 0 Å². The Labute approximate surface area is 92.2 Å². The minimum atomic E-state index is -0.0635. The Kier molecular flexibility index (Phi) is 3.13. The van der Waals surface area contributed by atoms with E-state index in [1.807, 2.05) is 4.57 Å². The van der Waals surface area contributed by atoms with Crippen LogP contribution >= 0.6 is 11.3 Å². The van der Waals surface area contributed by atoms with Crippen molar-refractivity contribution in [1.29, 1.82) is 0 Å². The van der Waals surface area contributed by atoms with Gasteiger partial charge in [-0.15, -0.1) is 21.5 Å². The topological polar surface area (TPSA) is 50.9 Å². The van der Waals surface area contributed by atoms with Crippen molar-refractivity contribution in [2.24, 2.45) is 0 Å². The molecule has 2 aromatic heterocycles. The quantitative estimate of drug-likeness (QED) is 0.853. The van der Waals surface area contributed by atoms with E-state index in [0.717, 1.165) is 13.0 Å². The molecule has 4 nitrogen and oxygen atoms in total. The monoisotopic (exact) mass is 223 g/mol. The van der Waals surface area contributed by atoms with E-state index in [0.29, 0.717) is 5.82 Å². The average molecular weight is 223 g/mol. The highest BCUT2D eigenvalue weighted by Crippen LogP contribution is 2.18. The zero-order chi connectivity index (χ0) is 10.7. The Morgan fingerprint density at radius 3 is 2.87 bits per heavy atom. The third-order valence-corrected chi connectivity index (χ3v) is 3.44. The first-order valence-corrected chi connectivity index (χ1v) is 5.70. The molecule has 5 heteroatoms. The van der Waals surface area contributed by atoms with Gasteiger partial charge in [0.2, 0.25) is 0 Å². The molecule has 0 aliphatic carbocycles. The van der Waals surface area contributed by atoms with Gasteiger partial charge in [0.1, 0.15) is 12.9 Å². The lowest BCUT2D eigenvalue weighted by Gasteiger charge is -2.01. The summed E-state index contributed by atoms with van der Waals surface area (Å²) < 4.78 is 1.87. The molecular formula is C10H13N3OS. The lowest BCUT2D eigenvalue weighted by Crippen LogP contribution is -2.02. The van der Waals surface area contributed by atoms with E-state index < -0.39 is 0 Å². The Morgan fingerprint density at radius 1 is 1.40 bits per heavy atom. The number of nitrogens with zero attached hydrogens (tertiary/aromatic N) is 3. The van der Waals surface area contributed by atoms with E-state index in [1.54, 1.807) is 17.7 Å². The van der Waals surface area contributed by atoms with Gasteiger partial charge in [-0.1, -0.05) is 6.92 Å². The van der Waals surface area contributed by atoms with Crippen molar-refractivity contribution in [3.05, 3.63) is 34.0 Å². The predicted octanol–water partition coefficient (Wildman–Crippen LogP) is 1.44. The van der Waals surface area contributed by atoms with Crippen molar-refractivity contribution in [2.75, 3.05) is 0 Å². The van der Waals surface area contributed by atoms with E-state index in [9.17, 15) is 0 Å².